The Morgan fingerprint density at radius 3 is 2.28 bits per heavy atom. The minimum Gasteiger partial charge on any atom is -0.490 e. The van der Waals surface area contributed by atoms with E-state index in [0.717, 1.165) is 17.9 Å². The molecule has 1 N–H and O–H groups in total. The number of methoxy groups -OCH3 is 1. The van der Waals surface area contributed by atoms with Gasteiger partial charge in [-0.15, -0.1) is 0 Å². The number of nitrogens with one attached hydrogen (secondary N) is 1. The molecule has 1 heterocycles. The van der Waals surface area contributed by atoms with Gasteiger partial charge in [0.1, 0.15) is 0 Å². The SMILES string of the molecule is COc1c(-c2ccc(C(F)(F)F)cc2S(C)(=O)=O)c(=O)[nH]n(C)c1=O. The number of alkyl halides is 3. The van der Waals surface area contributed by atoms with Crippen molar-refractivity contribution < 1.29 is 26.3 Å². The Morgan fingerprint density at radius 2 is 1.80 bits per heavy atom. The number of aryl methyl sites for hydroxylation is 1. The second-order valence-electron chi connectivity index (χ2n) is 5.19. The summed E-state index contributed by atoms with van der Waals surface area (Å²) < 4.78 is 68.3. The molecule has 136 valence electrons. The van der Waals surface area contributed by atoms with Gasteiger partial charge in [-0.05, 0) is 12.1 Å². The molecule has 2 rings (SSSR count). The van der Waals surface area contributed by atoms with Crippen molar-refractivity contribution in [3.63, 3.8) is 0 Å². The van der Waals surface area contributed by atoms with E-state index in [1.807, 2.05) is 0 Å². The Balaban J connectivity index is 2.98. The largest absolute Gasteiger partial charge is 0.490 e. The molecular weight excluding hydrogens is 365 g/mol. The normalized spacial score (nSPS) is 12.2. The van der Waals surface area contributed by atoms with Gasteiger partial charge in [-0.3, -0.25) is 19.4 Å². The van der Waals surface area contributed by atoms with Gasteiger partial charge in [-0.1, -0.05) is 6.07 Å². The number of aromatic amines is 1. The lowest BCUT2D eigenvalue weighted by Gasteiger charge is -2.14. The molecule has 0 radical (unpaired) electrons. The first kappa shape index (κ1) is 18.8. The maximum Gasteiger partial charge on any atom is 0.416 e. The quantitative estimate of drug-likeness (QED) is 0.865. The third-order valence-corrected chi connectivity index (χ3v) is 4.54. The zero-order valence-corrected chi connectivity index (χ0v) is 14.1. The Labute approximate surface area is 139 Å². The van der Waals surface area contributed by atoms with Crippen LogP contribution in [0, 0.1) is 0 Å². The summed E-state index contributed by atoms with van der Waals surface area (Å²) in [6.45, 7) is 0. The molecule has 0 spiro atoms. The van der Waals surface area contributed by atoms with Gasteiger partial charge in [0.25, 0.3) is 5.56 Å². The summed E-state index contributed by atoms with van der Waals surface area (Å²) in [6, 6.07) is 1.87. The lowest BCUT2D eigenvalue weighted by atomic mass is 10.0. The average Bonchev–Trinajstić information content (AvgIpc) is 2.48. The van der Waals surface area contributed by atoms with E-state index >= 15 is 0 Å². The molecule has 7 nitrogen and oxygen atoms in total. The first-order chi connectivity index (χ1) is 11.4. The zero-order chi connectivity index (χ0) is 19.2. The Hall–Kier alpha value is -2.56. The number of ether oxygens (including phenoxy) is 1. The van der Waals surface area contributed by atoms with Gasteiger partial charge in [-0.25, -0.2) is 8.42 Å². The fourth-order valence-corrected chi connectivity index (χ4v) is 3.18. The van der Waals surface area contributed by atoms with Crippen LogP contribution in [-0.2, 0) is 23.1 Å². The second-order valence-corrected chi connectivity index (χ2v) is 7.18. The predicted octanol–water partition coefficient (Wildman–Crippen LogP) is 1.17. The van der Waals surface area contributed by atoms with Crippen LogP contribution in [0.2, 0.25) is 0 Å². The first-order valence-electron chi connectivity index (χ1n) is 6.67. The maximum absolute atomic E-state index is 12.9. The molecular formula is C14H13F3N2O5S. The van der Waals surface area contributed by atoms with Crippen molar-refractivity contribution in [3.8, 4) is 16.9 Å². The molecule has 0 fully saturated rings. The van der Waals surface area contributed by atoms with Crippen molar-refractivity contribution in [2.24, 2.45) is 7.05 Å². The summed E-state index contributed by atoms with van der Waals surface area (Å²) in [6.07, 6.45) is -4.07. The third kappa shape index (κ3) is 3.45. The zero-order valence-electron chi connectivity index (χ0n) is 13.3. The van der Waals surface area contributed by atoms with E-state index < -0.39 is 48.9 Å². The van der Waals surface area contributed by atoms with E-state index in [1.54, 1.807) is 0 Å². The van der Waals surface area contributed by atoms with E-state index in [1.165, 1.54) is 7.05 Å². The van der Waals surface area contributed by atoms with Crippen LogP contribution in [0.1, 0.15) is 5.56 Å². The van der Waals surface area contributed by atoms with E-state index in [-0.39, 0.29) is 5.56 Å². The van der Waals surface area contributed by atoms with Crippen LogP contribution < -0.4 is 15.9 Å². The van der Waals surface area contributed by atoms with Gasteiger partial charge >= 0.3 is 11.7 Å². The standard InChI is InChI=1S/C14H13F3N2O5S/c1-19-13(21)11(24-2)10(12(20)18-19)8-5-4-7(14(15,16)17)6-9(8)25(3,22)23/h4-6H,1-3H3,(H,18,20). The highest BCUT2D eigenvalue weighted by Crippen LogP contribution is 2.36. The van der Waals surface area contributed by atoms with Crippen molar-refractivity contribution in [3.05, 3.63) is 44.5 Å². The van der Waals surface area contributed by atoms with Crippen LogP contribution in [0.4, 0.5) is 13.2 Å². The number of aromatic nitrogens is 2. The first-order valence-corrected chi connectivity index (χ1v) is 8.56. The van der Waals surface area contributed by atoms with Crippen molar-refractivity contribution in [2.75, 3.05) is 13.4 Å². The molecule has 2 aromatic rings. The van der Waals surface area contributed by atoms with Crippen molar-refractivity contribution in [2.45, 2.75) is 11.1 Å². The van der Waals surface area contributed by atoms with Crippen molar-refractivity contribution in [1.82, 2.24) is 9.78 Å². The number of hydrogen-bond acceptors (Lipinski definition) is 5. The molecule has 25 heavy (non-hydrogen) atoms. The highest BCUT2D eigenvalue weighted by molar-refractivity contribution is 7.90. The van der Waals surface area contributed by atoms with Crippen LogP contribution >= 0.6 is 0 Å². The topological polar surface area (TPSA) is 98.2 Å². The fraction of sp³-hybridized carbons (Fsp3) is 0.286. The number of nitrogens with zero attached hydrogens (tertiary/aromatic N) is 1. The molecule has 0 saturated carbocycles. The third-order valence-electron chi connectivity index (χ3n) is 3.40. The van der Waals surface area contributed by atoms with Gasteiger partial charge in [0.2, 0.25) is 0 Å². The molecule has 0 aliphatic rings. The van der Waals surface area contributed by atoms with Crippen LogP contribution in [0.5, 0.6) is 5.75 Å². The molecule has 0 bridgehead atoms. The summed E-state index contributed by atoms with van der Waals surface area (Å²) >= 11 is 0. The van der Waals surface area contributed by atoms with Crippen LogP contribution in [-0.4, -0.2) is 31.6 Å². The molecule has 0 atom stereocenters. The molecule has 0 unspecified atom stereocenters. The molecule has 11 heteroatoms. The van der Waals surface area contributed by atoms with Gasteiger partial charge < -0.3 is 4.74 Å². The maximum atomic E-state index is 12.9. The number of H-pyrrole nitrogens is 1. The van der Waals surface area contributed by atoms with E-state index in [9.17, 15) is 31.2 Å². The summed E-state index contributed by atoms with van der Waals surface area (Å²) in [7, 11) is -1.82. The van der Waals surface area contributed by atoms with Gasteiger partial charge in [0.05, 0.1) is 23.1 Å². The second kappa shape index (κ2) is 6.06. The highest BCUT2D eigenvalue weighted by atomic mass is 32.2. The number of halogens is 3. The van der Waals surface area contributed by atoms with Gasteiger partial charge in [0.15, 0.2) is 15.6 Å². The minimum absolute atomic E-state index is 0.355. The summed E-state index contributed by atoms with van der Waals surface area (Å²) in [4.78, 5) is 23.6. The smallest absolute Gasteiger partial charge is 0.416 e. The monoisotopic (exact) mass is 378 g/mol. The van der Waals surface area contributed by atoms with Crippen LogP contribution in [0.25, 0.3) is 11.1 Å². The molecule has 1 aromatic heterocycles. The summed E-state index contributed by atoms with van der Waals surface area (Å²) in [5, 5.41) is 2.16. The lowest BCUT2D eigenvalue weighted by Crippen LogP contribution is -2.30. The highest BCUT2D eigenvalue weighted by Gasteiger charge is 2.33. The minimum atomic E-state index is -4.78. The summed E-state index contributed by atoms with van der Waals surface area (Å²) in [5.41, 5.74) is -3.68. The molecule has 0 saturated heterocycles. The molecule has 0 aliphatic carbocycles. The number of sulfone groups is 1. The van der Waals surface area contributed by atoms with Crippen LogP contribution in [0.3, 0.4) is 0 Å². The Morgan fingerprint density at radius 1 is 1.20 bits per heavy atom. The number of rotatable bonds is 3. The number of benzene rings is 1. The van der Waals surface area contributed by atoms with Crippen molar-refractivity contribution in [1.29, 1.82) is 0 Å². The average molecular weight is 378 g/mol. The van der Waals surface area contributed by atoms with Crippen molar-refractivity contribution >= 4 is 9.84 Å². The molecule has 1 aromatic carbocycles. The van der Waals surface area contributed by atoms with E-state index in [2.05, 4.69) is 5.10 Å². The number of hydrogen-bond donors (Lipinski definition) is 1. The van der Waals surface area contributed by atoms with E-state index in [0.29, 0.717) is 18.4 Å². The lowest BCUT2D eigenvalue weighted by molar-refractivity contribution is -0.137. The Bertz CT molecular complexity index is 1050. The van der Waals surface area contributed by atoms with Crippen LogP contribution in [0.15, 0.2) is 32.7 Å². The van der Waals surface area contributed by atoms with Gasteiger partial charge in [-0.2, -0.15) is 13.2 Å². The van der Waals surface area contributed by atoms with E-state index in [4.69, 9.17) is 4.74 Å². The predicted molar refractivity (Wildman–Crippen MR) is 82.4 cm³/mol. The van der Waals surface area contributed by atoms with Gasteiger partial charge in [0, 0.05) is 18.9 Å². The fourth-order valence-electron chi connectivity index (χ4n) is 2.27. The summed E-state index contributed by atoms with van der Waals surface area (Å²) in [5.74, 6) is -0.476. The molecule has 0 aliphatic heterocycles. The Kier molecular flexibility index (Phi) is 4.55. The molecule has 0 amide bonds.